The lowest BCUT2D eigenvalue weighted by atomic mass is 10.1. The van der Waals surface area contributed by atoms with Crippen molar-refractivity contribution in [2.24, 2.45) is 0 Å². The number of aromatic nitrogens is 2. The SMILES string of the molecule is Clc1cc2c(s1)CCC2Nc1cccc2cn[nH]c12. The Morgan fingerprint density at radius 3 is 3.32 bits per heavy atom. The van der Waals surface area contributed by atoms with Crippen molar-refractivity contribution >= 4 is 39.5 Å². The third-order valence-corrected chi connectivity index (χ3v) is 4.99. The van der Waals surface area contributed by atoms with E-state index in [1.807, 2.05) is 6.20 Å². The summed E-state index contributed by atoms with van der Waals surface area (Å²) < 4.78 is 0.885. The summed E-state index contributed by atoms with van der Waals surface area (Å²) in [5.41, 5.74) is 3.53. The van der Waals surface area contributed by atoms with Crippen LogP contribution in [0.15, 0.2) is 30.5 Å². The maximum atomic E-state index is 6.10. The lowest BCUT2D eigenvalue weighted by molar-refractivity contribution is 0.763. The lowest BCUT2D eigenvalue weighted by Gasteiger charge is -2.15. The standard InChI is InChI=1S/C14H12ClN3S/c15-13-6-9-10(4-5-12(9)19-13)17-11-3-1-2-8-7-16-18-14(8)11/h1-3,6-7,10,17H,4-5H2,(H,16,18). The first-order valence-electron chi connectivity index (χ1n) is 6.28. The molecule has 0 radical (unpaired) electrons. The van der Waals surface area contributed by atoms with Crippen LogP contribution < -0.4 is 5.32 Å². The van der Waals surface area contributed by atoms with Gasteiger partial charge in [-0.3, -0.25) is 5.10 Å². The normalized spacial score (nSPS) is 17.8. The number of rotatable bonds is 2. The monoisotopic (exact) mass is 289 g/mol. The molecule has 96 valence electrons. The van der Waals surface area contributed by atoms with Gasteiger partial charge in [-0.1, -0.05) is 23.7 Å². The largest absolute Gasteiger partial charge is 0.376 e. The molecular formula is C14H12ClN3S. The van der Waals surface area contributed by atoms with Crippen LogP contribution in [-0.4, -0.2) is 10.2 Å². The molecule has 0 saturated carbocycles. The zero-order valence-corrected chi connectivity index (χ0v) is 11.7. The molecule has 1 aromatic carbocycles. The first-order valence-corrected chi connectivity index (χ1v) is 7.47. The summed E-state index contributed by atoms with van der Waals surface area (Å²) >= 11 is 7.80. The van der Waals surface area contributed by atoms with E-state index in [1.54, 1.807) is 11.3 Å². The predicted octanol–water partition coefficient (Wildman–Crippen LogP) is 4.38. The maximum Gasteiger partial charge on any atom is 0.0934 e. The summed E-state index contributed by atoms with van der Waals surface area (Å²) in [7, 11) is 0. The first kappa shape index (κ1) is 11.3. The Kier molecular flexibility index (Phi) is 2.53. The molecule has 1 unspecified atom stereocenters. The van der Waals surface area contributed by atoms with Crippen LogP contribution in [0, 0.1) is 0 Å². The third kappa shape index (κ3) is 1.83. The Hall–Kier alpha value is -1.52. The van der Waals surface area contributed by atoms with E-state index in [-0.39, 0.29) is 0 Å². The number of H-pyrrole nitrogens is 1. The molecule has 0 fully saturated rings. The Morgan fingerprint density at radius 2 is 2.37 bits per heavy atom. The van der Waals surface area contributed by atoms with E-state index in [0.29, 0.717) is 6.04 Å². The molecule has 0 bridgehead atoms. The van der Waals surface area contributed by atoms with Crippen LogP contribution in [0.1, 0.15) is 22.9 Å². The molecule has 1 aliphatic rings. The van der Waals surface area contributed by atoms with Crippen molar-refractivity contribution in [3.05, 3.63) is 45.2 Å². The van der Waals surface area contributed by atoms with E-state index < -0.39 is 0 Å². The molecule has 1 aliphatic carbocycles. The molecule has 0 saturated heterocycles. The minimum atomic E-state index is 0.354. The fraction of sp³-hybridized carbons (Fsp3) is 0.214. The fourth-order valence-corrected chi connectivity index (χ4v) is 4.11. The van der Waals surface area contributed by atoms with Crippen LogP contribution in [0.2, 0.25) is 4.34 Å². The average molecular weight is 290 g/mol. The number of aryl methyl sites for hydroxylation is 1. The van der Waals surface area contributed by atoms with Crippen LogP contribution in [0.5, 0.6) is 0 Å². The Balaban J connectivity index is 1.71. The van der Waals surface area contributed by atoms with Gasteiger partial charge in [0.2, 0.25) is 0 Å². The smallest absolute Gasteiger partial charge is 0.0934 e. The topological polar surface area (TPSA) is 40.7 Å². The van der Waals surface area contributed by atoms with Crippen molar-refractivity contribution in [2.45, 2.75) is 18.9 Å². The minimum Gasteiger partial charge on any atom is -0.376 e. The van der Waals surface area contributed by atoms with Gasteiger partial charge in [-0.25, -0.2) is 0 Å². The number of hydrogen-bond donors (Lipinski definition) is 2. The number of anilines is 1. The van der Waals surface area contributed by atoms with Crippen LogP contribution in [-0.2, 0) is 6.42 Å². The predicted molar refractivity (Wildman–Crippen MR) is 80.1 cm³/mol. The molecule has 3 nitrogen and oxygen atoms in total. The van der Waals surface area contributed by atoms with Gasteiger partial charge in [0.25, 0.3) is 0 Å². The van der Waals surface area contributed by atoms with Crippen LogP contribution in [0.4, 0.5) is 5.69 Å². The Bertz CT molecular complexity index is 746. The van der Waals surface area contributed by atoms with Gasteiger partial charge >= 0.3 is 0 Å². The van der Waals surface area contributed by atoms with Crippen molar-refractivity contribution in [1.29, 1.82) is 0 Å². The molecule has 1 atom stereocenters. The summed E-state index contributed by atoms with van der Waals surface area (Å²) in [6.07, 6.45) is 4.09. The summed E-state index contributed by atoms with van der Waals surface area (Å²) in [6.45, 7) is 0. The van der Waals surface area contributed by atoms with Crippen LogP contribution in [0.3, 0.4) is 0 Å². The molecule has 5 heteroatoms. The third-order valence-electron chi connectivity index (χ3n) is 3.65. The van der Waals surface area contributed by atoms with E-state index in [9.17, 15) is 0 Å². The second kappa shape index (κ2) is 4.25. The second-order valence-corrected chi connectivity index (χ2v) is 6.57. The molecule has 0 aliphatic heterocycles. The van der Waals surface area contributed by atoms with Crippen LogP contribution >= 0.6 is 22.9 Å². The summed E-state index contributed by atoms with van der Waals surface area (Å²) in [5.74, 6) is 0. The van der Waals surface area contributed by atoms with E-state index in [4.69, 9.17) is 11.6 Å². The summed E-state index contributed by atoms with van der Waals surface area (Å²) in [5, 5.41) is 11.9. The van der Waals surface area contributed by atoms with E-state index in [2.05, 4.69) is 39.8 Å². The van der Waals surface area contributed by atoms with E-state index >= 15 is 0 Å². The Morgan fingerprint density at radius 1 is 1.42 bits per heavy atom. The molecule has 4 rings (SSSR count). The van der Waals surface area contributed by atoms with Crippen molar-refractivity contribution in [3.8, 4) is 0 Å². The van der Waals surface area contributed by atoms with Gasteiger partial charge in [-0.05, 0) is 30.5 Å². The first-order chi connectivity index (χ1) is 9.31. The van der Waals surface area contributed by atoms with E-state index in [0.717, 1.165) is 33.8 Å². The molecule has 0 spiro atoms. The highest BCUT2D eigenvalue weighted by atomic mass is 35.5. The van der Waals surface area contributed by atoms with Gasteiger partial charge in [0.1, 0.15) is 0 Å². The molecule has 0 amide bonds. The van der Waals surface area contributed by atoms with Crippen molar-refractivity contribution in [1.82, 2.24) is 10.2 Å². The number of thiophene rings is 1. The molecule has 3 aromatic rings. The highest BCUT2D eigenvalue weighted by Gasteiger charge is 2.25. The highest BCUT2D eigenvalue weighted by Crippen LogP contribution is 2.41. The molecule has 2 N–H and O–H groups in total. The number of halogens is 1. The lowest BCUT2D eigenvalue weighted by Crippen LogP contribution is -2.06. The summed E-state index contributed by atoms with van der Waals surface area (Å²) in [4.78, 5) is 1.42. The average Bonchev–Trinajstić information content (AvgIpc) is 3.06. The quantitative estimate of drug-likeness (QED) is 0.735. The van der Waals surface area contributed by atoms with Crippen molar-refractivity contribution in [2.75, 3.05) is 5.32 Å². The number of nitrogens with zero attached hydrogens (tertiary/aromatic N) is 1. The van der Waals surface area contributed by atoms with Gasteiger partial charge in [-0.15, -0.1) is 11.3 Å². The fourth-order valence-electron chi connectivity index (χ4n) is 2.76. The highest BCUT2D eigenvalue weighted by molar-refractivity contribution is 7.16. The molecule has 2 heterocycles. The van der Waals surface area contributed by atoms with E-state index in [1.165, 1.54) is 10.4 Å². The number of fused-ring (bicyclic) bond motifs is 2. The van der Waals surface area contributed by atoms with Gasteiger partial charge in [0, 0.05) is 10.3 Å². The van der Waals surface area contributed by atoms with Crippen LogP contribution in [0.25, 0.3) is 10.9 Å². The van der Waals surface area contributed by atoms with Crippen molar-refractivity contribution < 1.29 is 0 Å². The minimum absolute atomic E-state index is 0.354. The van der Waals surface area contributed by atoms with Crippen molar-refractivity contribution in [3.63, 3.8) is 0 Å². The zero-order chi connectivity index (χ0) is 12.8. The van der Waals surface area contributed by atoms with Gasteiger partial charge in [-0.2, -0.15) is 5.10 Å². The molecule has 19 heavy (non-hydrogen) atoms. The number of benzene rings is 1. The number of nitrogens with one attached hydrogen (secondary N) is 2. The van der Waals surface area contributed by atoms with Gasteiger partial charge < -0.3 is 5.32 Å². The Labute approximate surface area is 119 Å². The molecular weight excluding hydrogens is 278 g/mol. The number of para-hydroxylation sites is 1. The number of aromatic amines is 1. The van der Waals surface area contributed by atoms with Gasteiger partial charge in [0.15, 0.2) is 0 Å². The van der Waals surface area contributed by atoms with Gasteiger partial charge in [0.05, 0.1) is 27.8 Å². The summed E-state index contributed by atoms with van der Waals surface area (Å²) in [6, 6.07) is 8.65. The maximum absolute atomic E-state index is 6.10. The zero-order valence-electron chi connectivity index (χ0n) is 10.1. The molecule has 2 aromatic heterocycles. The second-order valence-electron chi connectivity index (χ2n) is 4.80. The number of hydrogen-bond acceptors (Lipinski definition) is 3.